The van der Waals surface area contributed by atoms with Gasteiger partial charge in [0.1, 0.15) is 30.0 Å². The maximum absolute atomic E-state index is 13.9. The van der Waals surface area contributed by atoms with Crippen molar-refractivity contribution in [1.29, 1.82) is 0 Å². The number of piperidine rings is 1. The second kappa shape index (κ2) is 9.89. The lowest BCUT2D eigenvalue weighted by Crippen LogP contribution is -2.53. The zero-order valence-corrected chi connectivity index (χ0v) is 20.1. The molecule has 3 heterocycles. The van der Waals surface area contributed by atoms with Crippen LogP contribution in [0.5, 0.6) is 11.6 Å². The monoisotopic (exact) mass is 506 g/mol. The average molecular weight is 507 g/mol. The standard InChI is InChI=1S/C26H29F3N2O5/c1-33-23-21(34-15-17-7-9-25(28,29)10-8-17)6-5-20(30-23)24(32)31-12-11-26(22(14-31)35-16-36-26)18-3-2-4-19(27)13-18/h2-6,13,17,22H,7-12,14-16H2,1H3/t22?,26-/m1/s1. The lowest BCUT2D eigenvalue weighted by Gasteiger charge is -2.41. The van der Waals surface area contributed by atoms with Gasteiger partial charge in [-0.25, -0.2) is 18.2 Å². The molecule has 3 fully saturated rings. The van der Waals surface area contributed by atoms with Crippen molar-refractivity contribution < 1.29 is 36.9 Å². The highest BCUT2D eigenvalue weighted by Gasteiger charge is 2.51. The number of amides is 1. The molecule has 2 atom stereocenters. The number of methoxy groups -OCH3 is 1. The maximum Gasteiger partial charge on any atom is 0.272 e. The second-order valence-corrected chi connectivity index (χ2v) is 9.63. The Morgan fingerprint density at radius 1 is 1.19 bits per heavy atom. The van der Waals surface area contributed by atoms with E-state index in [4.69, 9.17) is 18.9 Å². The van der Waals surface area contributed by atoms with Gasteiger partial charge in [0.2, 0.25) is 5.92 Å². The molecule has 5 rings (SSSR count). The molecule has 0 radical (unpaired) electrons. The predicted octanol–water partition coefficient (Wildman–Crippen LogP) is 4.55. The summed E-state index contributed by atoms with van der Waals surface area (Å²) in [4.78, 5) is 19.3. The highest BCUT2D eigenvalue weighted by molar-refractivity contribution is 5.92. The van der Waals surface area contributed by atoms with E-state index in [2.05, 4.69) is 4.98 Å². The number of fused-ring (bicyclic) bond motifs is 1. The van der Waals surface area contributed by atoms with Gasteiger partial charge in [-0.3, -0.25) is 4.79 Å². The van der Waals surface area contributed by atoms with Crippen LogP contribution in [0.4, 0.5) is 13.2 Å². The van der Waals surface area contributed by atoms with Gasteiger partial charge in [-0.15, -0.1) is 0 Å². The van der Waals surface area contributed by atoms with Gasteiger partial charge in [0, 0.05) is 25.8 Å². The number of benzene rings is 1. The van der Waals surface area contributed by atoms with Crippen LogP contribution in [0.25, 0.3) is 0 Å². The highest BCUT2D eigenvalue weighted by Crippen LogP contribution is 2.43. The van der Waals surface area contributed by atoms with E-state index >= 15 is 0 Å². The van der Waals surface area contributed by atoms with Gasteiger partial charge in [0.15, 0.2) is 5.75 Å². The van der Waals surface area contributed by atoms with Gasteiger partial charge in [0.25, 0.3) is 11.8 Å². The molecule has 1 saturated carbocycles. The number of likely N-dealkylation sites (tertiary alicyclic amines) is 1. The van der Waals surface area contributed by atoms with Crippen LogP contribution in [0.2, 0.25) is 0 Å². The normalized spacial score (nSPS) is 25.9. The van der Waals surface area contributed by atoms with E-state index in [1.807, 2.05) is 6.07 Å². The number of ether oxygens (including phenoxy) is 4. The van der Waals surface area contributed by atoms with E-state index in [-0.39, 0.29) is 62.0 Å². The van der Waals surface area contributed by atoms with Crippen LogP contribution in [0.1, 0.15) is 48.2 Å². The van der Waals surface area contributed by atoms with E-state index in [0.29, 0.717) is 37.1 Å². The van der Waals surface area contributed by atoms with E-state index < -0.39 is 17.6 Å². The zero-order valence-electron chi connectivity index (χ0n) is 20.1. The van der Waals surface area contributed by atoms with Gasteiger partial charge in [-0.05, 0) is 48.6 Å². The number of alkyl halides is 2. The number of halogens is 3. The Kier molecular flexibility index (Phi) is 6.82. The molecule has 2 saturated heterocycles. The molecule has 1 aliphatic carbocycles. The van der Waals surface area contributed by atoms with Crippen LogP contribution in [-0.4, -0.2) is 61.4 Å². The van der Waals surface area contributed by atoms with Crippen molar-refractivity contribution in [2.24, 2.45) is 5.92 Å². The lowest BCUT2D eigenvalue weighted by atomic mass is 9.82. The Morgan fingerprint density at radius 2 is 2.00 bits per heavy atom. The molecule has 10 heteroatoms. The Labute approximate surface area is 207 Å². The molecular formula is C26H29F3N2O5. The summed E-state index contributed by atoms with van der Waals surface area (Å²) in [6.07, 6.45) is 0.554. The number of nitrogens with zero attached hydrogens (tertiary/aromatic N) is 2. The lowest BCUT2D eigenvalue weighted by molar-refractivity contribution is -0.0499. The van der Waals surface area contributed by atoms with Crippen LogP contribution in [0.3, 0.4) is 0 Å². The molecule has 2 aliphatic heterocycles. The first-order valence-electron chi connectivity index (χ1n) is 12.2. The minimum atomic E-state index is -2.58. The highest BCUT2D eigenvalue weighted by atomic mass is 19.3. The summed E-state index contributed by atoms with van der Waals surface area (Å²) in [7, 11) is 1.43. The van der Waals surface area contributed by atoms with E-state index in [9.17, 15) is 18.0 Å². The van der Waals surface area contributed by atoms with Crippen molar-refractivity contribution in [1.82, 2.24) is 9.88 Å². The fourth-order valence-corrected chi connectivity index (χ4v) is 5.26. The Balaban J connectivity index is 1.24. The molecule has 0 bridgehead atoms. The summed E-state index contributed by atoms with van der Waals surface area (Å²) in [6.45, 7) is 1.00. The third-order valence-electron chi connectivity index (χ3n) is 7.39. The molecule has 1 aromatic heterocycles. The van der Waals surface area contributed by atoms with Crippen molar-refractivity contribution in [2.75, 3.05) is 33.6 Å². The first-order chi connectivity index (χ1) is 17.3. The molecule has 36 heavy (non-hydrogen) atoms. The topological polar surface area (TPSA) is 70.1 Å². The molecule has 1 aromatic carbocycles. The quantitative estimate of drug-likeness (QED) is 0.573. The molecule has 1 amide bonds. The number of carbonyl (C=O) groups excluding carboxylic acids is 1. The Morgan fingerprint density at radius 3 is 2.75 bits per heavy atom. The summed E-state index contributed by atoms with van der Waals surface area (Å²) < 4.78 is 63.6. The van der Waals surface area contributed by atoms with Crippen LogP contribution in [-0.2, 0) is 15.1 Å². The van der Waals surface area contributed by atoms with Crippen molar-refractivity contribution in [2.45, 2.75) is 49.7 Å². The molecule has 1 unspecified atom stereocenters. The smallest absolute Gasteiger partial charge is 0.272 e. The molecular weight excluding hydrogens is 477 g/mol. The molecule has 7 nitrogen and oxygen atoms in total. The summed E-state index contributed by atoms with van der Waals surface area (Å²) in [5, 5.41) is 0. The average Bonchev–Trinajstić information content (AvgIpc) is 3.32. The fraction of sp³-hybridized carbons (Fsp3) is 0.538. The summed E-state index contributed by atoms with van der Waals surface area (Å²) in [6, 6.07) is 9.46. The van der Waals surface area contributed by atoms with Gasteiger partial charge < -0.3 is 23.8 Å². The van der Waals surface area contributed by atoms with E-state index in [1.165, 1.54) is 19.2 Å². The SMILES string of the molecule is COc1nc(C(=O)N2CC[C@]3(c4cccc(F)c4)OCOC3C2)ccc1OCC1CCC(F)(F)CC1. The largest absolute Gasteiger partial charge is 0.488 e. The van der Waals surface area contributed by atoms with E-state index in [1.54, 1.807) is 23.1 Å². The molecule has 194 valence electrons. The Bertz CT molecular complexity index is 1110. The maximum atomic E-state index is 13.9. The number of hydrogen-bond donors (Lipinski definition) is 0. The number of hydrogen-bond acceptors (Lipinski definition) is 6. The number of aromatic nitrogens is 1. The third kappa shape index (κ3) is 4.88. The van der Waals surface area contributed by atoms with Crippen LogP contribution >= 0.6 is 0 Å². The van der Waals surface area contributed by atoms with Crippen molar-refractivity contribution >= 4 is 5.91 Å². The number of pyridine rings is 1. The third-order valence-corrected chi connectivity index (χ3v) is 7.39. The predicted molar refractivity (Wildman–Crippen MR) is 123 cm³/mol. The van der Waals surface area contributed by atoms with Gasteiger partial charge in [-0.1, -0.05) is 12.1 Å². The van der Waals surface area contributed by atoms with Crippen molar-refractivity contribution in [3.8, 4) is 11.6 Å². The summed E-state index contributed by atoms with van der Waals surface area (Å²) in [5.41, 5.74) is 0.0823. The molecule has 0 spiro atoms. The minimum Gasteiger partial charge on any atom is -0.488 e. The van der Waals surface area contributed by atoms with Crippen LogP contribution < -0.4 is 9.47 Å². The number of carbonyl (C=O) groups is 1. The molecule has 3 aliphatic rings. The molecule has 2 aromatic rings. The van der Waals surface area contributed by atoms with Crippen molar-refractivity contribution in [3.63, 3.8) is 0 Å². The van der Waals surface area contributed by atoms with Gasteiger partial charge >= 0.3 is 0 Å². The summed E-state index contributed by atoms with van der Waals surface area (Å²) >= 11 is 0. The van der Waals surface area contributed by atoms with Crippen LogP contribution in [0, 0.1) is 11.7 Å². The first-order valence-corrected chi connectivity index (χ1v) is 12.2. The Hall–Kier alpha value is -2.85. The first kappa shape index (κ1) is 24.8. The van der Waals surface area contributed by atoms with Crippen LogP contribution in [0.15, 0.2) is 36.4 Å². The van der Waals surface area contributed by atoms with Crippen molar-refractivity contribution in [3.05, 3.63) is 53.5 Å². The zero-order chi connectivity index (χ0) is 25.3. The van der Waals surface area contributed by atoms with E-state index in [0.717, 1.165) is 0 Å². The molecule has 0 N–H and O–H groups in total. The summed E-state index contributed by atoms with van der Waals surface area (Å²) in [5.74, 6) is -2.67. The minimum absolute atomic E-state index is 0.0379. The van der Waals surface area contributed by atoms with Gasteiger partial charge in [-0.2, -0.15) is 0 Å². The fourth-order valence-electron chi connectivity index (χ4n) is 5.26. The second-order valence-electron chi connectivity index (χ2n) is 9.63. The number of rotatable bonds is 6. The van der Waals surface area contributed by atoms with Gasteiger partial charge in [0.05, 0.1) is 20.3 Å².